The van der Waals surface area contributed by atoms with Crippen molar-refractivity contribution >= 4 is 22.5 Å². The number of fused-ring (bicyclic) bond motifs is 2. The Labute approximate surface area is 150 Å². The molecule has 1 aliphatic heterocycles. The molecule has 0 radical (unpaired) electrons. The number of pyridine rings is 1. The fourth-order valence-electron chi connectivity index (χ4n) is 3.31. The Morgan fingerprint density at radius 1 is 1.08 bits per heavy atom. The lowest BCUT2D eigenvalue weighted by atomic mass is 10.1. The summed E-state index contributed by atoms with van der Waals surface area (Å²) in [6.45, 7) is 2.84. The van der Waals surface area contributed by atoms with E-state index in [4.69, 9.17) is 4.98 Å². The van der Waals surface area contributed by atoms with E-state index in [1.54, 1.807) is 12.5 Å². The van der Waals surface area contributed by atoms with Gasteiger partial charge in [0.25, 0.3) is 0 Å². The number of hydrogen-bond donors (Lipinski definition) is 1. The van der Waals surface area contributed by atoms with Gasteiger partial charge in [0.1, 0.15) is 6.33 Å². The summed E-state index contributed by atoms with van der Waals surface area (Å²) in [5.74, 6) is 1.51. The van der Waals surface area contributed by atoms with Gasteiger partial charge in [0.15, 0.2) is 5.82 Å². The van der Waals surface area contributed by atoms with Crippen LogP contribution in [-0.2, 0) is 0 Å². The van der Waals surface area contributed by atoms with Crippen molar-refractivity contribution in [1.82, 2.24) is 24.5 Å². The highest BCUT2D eigenvalue weighted by Gasteiger charge is 2.27. The summed E-state index contributed by atoms with van der Waals surface area (Å²) in [6.07, 6.45) is 7.29. The maximum atomic E-state index is 4.83. The Hall–Kier alpha value is -3.48. The van der Waals surface area contributed by atoms with Crippen LogP contribution in [0.4, 0.5) is 11.5 Å². The Bertz CT molecular complexity index is 1070. The van der Waals surface area contributed by atoms with Crippen molar-refractivity contribution in [2.24, 2.45) is 0 Å². The molecule has 0 bridgehead atoms. The summed E-state index contributed by atoms with van der Waals surface area (Å²) in [4.78, 5) is 20.2. The minimum Gasteiger partial charge on any atom is -0.363 e. The van der Waals surface area contributed by atoms with Gasteiger partial charge in [0, 0.05) is 12.4 Å². The van der Waals surface area contributed by atoms with E-state index in [-0.39, 0.29) is 6.04 Å². The topological polar surface area (TPSA) is 71.8 Å². The fourth-order valence-corrected chi connectivity index (χ4v) is 3.31. The molecule has 5 rings (SSSR count). The molecule has 0 saturated heterocycles. The first-order chi connectivity index (χ1) is 12.8. The zero-order chi connectivity index (χ0) is 17.5. The van der Waals surface area contributed by atoms with Crippen molar-refractivity contribution in [1.29, 1.82) is 0 Å². The second kappa shape index (κ2) is 5.80. The lowest BCUT2D eigenvalue weighted by Gasteiger charge is -2.25. The molecule has 4 aromatic rings. The van der Waals surface area contributed by atoms with E-state index in [1.165, 1.54) is 0 Å². The second-order valence-electron chi connectivity index (χ2n) is 6.28. The Kier molecular flexibility index (Phi) is 3.31. The Morgan fingerprint density at radius 2 is 2.00 bits per heavy atom. The predicted octanol–water partition coefficient (Wildman–Crippen LogP) is 3.16. The maximum Gasteiger partial charge on any atom is 0.237 e. The summed E-state index contributed by atoms with van der Waals surface area (Å²) >= 11 is 0. The average molecular weight is 343 g/mol. The lowest BCUT2D eigenvalue weighted by molar-refractivity contribution is 0.699. The summed E-state index contributed by atoms with van der Waals surface area (Å²) in [5.41, 5.74) is 4.00. The number of nitrogens with one attached hydrogen (secondary N) is 1. The molecule has 0 spiro atoms. The smallest absolute Gasteiger partial charge is 0.237 e. The van der Waals surface area contributed by atoms with Gasteiger partial charge in [-0.2, -0.15) is 4.98 Å². The van der Waals surface area contributed by atoms with Gasteiger partial charge in [-0.25, -0.2) is 9.97 Å². The first-order valence-corrected chi connectivity index (χ1v) is 8.51. The van der Waals surface area contributed by atoms with Crippen molar-refractivity contribution in [2.45, 2.75) is 13.0 Å². The first-order valence-electron chi connectivity index (χ1n) is 8.51. The molecule has 1 aromatic carbocycles. The van der Waals surface area contributed by atoms with Crippen LogP contribution in [0, 0.1) is 0 Å². The van der Waals surface area contributed by atoms with E-state index < -0.39 is 0 Å². The SMILES string of the molecule is C[C@H](c1cccnc1)N1CNc2cnc(-n3cnc4ccccc43)nc21. The van der Waals surface area contributed by atoms with Crippen LogP contribution in [0.15, 0.2) is 61.3 Å². The largest absolute Gasteiger partial charge is 0.363 e. The van der Waals surface area contributed by atoms with Crippen LogP contribution in [0.3, 0.4) is 0 Å². The van der Waals surface area contributed by atoms with Crippen LogP contribution in [0.25, 0.3) is 17.0 Å². The van der Waals surface area contributed by atoms with Crippen LogP contribution in [0.5, 0.6) is 0 Å². The molecule has 1 N–H and O–H groups in total. The summed E-state index contributed by atoms with van der Waals surface area (Å²) in [7, 11) is 0. The van der Waals surface area contributed by atoms with E-state index in [0.29, 0.717) is 12.6 Å². The van der Waals surface area contributed by atoms with Crippen molar-refractivity contribution < 1.29 is 0 Å². The van der Waals surface area contributed by atoms with Crippen LogP contribution in [-0.4, -0.2) is 31.2 Å². The summed E-state index contributed by atoms with van der Waals surface area (Å²) in [5, 5.41) is 3.37. The van der Waals surface area contributed by atoms with Crippen molar-refractivity contribution in [3.8, 4) is 5.95 Å². The zero-order valence-electron chi connectivity index (χ0n) is 14.2. The summed E-state index contributed by atoms with van der Waals surface area (Å²) in [6, 6.07) is 12.2. The molecule has 3 aromatic heterocycles. The zero-order valence-corrected chi connectivity index (χ0v) is 14.2. The number of anilines is 2. The van der Waals surface area contributed by atoms with Crippen LogP contribution in [0.1, 0.15) is 18.5 Å². The lowest BCUT2D eigenvalue weighted by Crippen LogP contribution is -2.27. The van der Waals surface area contributed by atoms with E-state index in [0.717, 1.165) is 28.1 Å². The van der Waals surface area contributed by atoms with Crippen LogP contribution < -0.4 is 10.2 Å². The van der Waals surface area contributed by atoms with Gasteiger partial charge in [-0.05, 0) is 30.7 Å². The van der Waals surface area contributed by atoms with Crippen molar-refractivity contribution in [2.75, 3.05) is 16.9 Å². The predicted molar refractivity (Wildman–Crippen MR) is 100 cm³/mol. The quantitative estimate of drug-likeness (QED) is 0.616. The highest BCUT2D eigenvalue weighted by Crippen LogP contribution is 2.35. The molecule has 1 atom stereocenters. The van der Waals surface area contributed by atoms with Crippen molar-refractivity contribution in [3.05, 3.63) is 66.9 Å². The molecule has 1 aliphatic rings. The normalized spacial score (nSPS) is 14.3. The molecule has 0 aliphatic carbocycles. The third-order valence-electron chi connectivity index (χ3n) is 4.77. The second-order valence-corrected chi connectivity index (χ2v) is 6.28. The minimum atomic E-state index is 0.153. The Balaban J connectivity index is 1.57. The molecule has 0 fully saturated rings. The van der Waals surface area contributed by atoms with E-state index >= 15 is 0 Å². The standard InChI is InChI=1S/C19H17N7/c1-13(14-5-4-8-20-9-14)25-11-23-16-10-21-19(24-18(16)25)26-12-22-15-6-2-3-7-17(15)26/h2-10,12-13,23H,11H2,1H3/t13-/m1/s1. The molecular weight excluding hydrogens is 326 g/mol. The molecule has 0 amide bonds. The molecule has 7 nitrogen and oxygen atoms in total. The molecule has 0 unspecified atom stereocenters. The van der Waals surface area contributed by atoms with Gasteiger partial charge in [0.2, 0.25) is 5.95 Å². The minimum absolute atomic E-state index is 0.153. The van der Waals surface area contributed by atoms with Gasteiger partial charge in [-0.15, -0.1) is 0 Å². The van der Waals surface area contributed by atoms with Crippen LogP contribution >= 0.6 is 0 Å². The third-order valence-corrected chi connectivity index (χ3v) is 4.77. The number of benzene rings is 1. The molecular formula is C19H17N7. The number of hydrogen-bond acceptors (Lipinski definition) is 6. The number of rotatable bonds is 3. The van der Waals surface area contributed by atoms with Crippen molar-refractivity contribution in [3.63, 3.8) is 0 Å². The molecule has 26 heavy (non-hydrogen) atoms. The fraction of sp³-hybridized carbons (Fsp3) is 0.158. The number of nitrogens with zero attached hydrogens (tertiary/aromatic N) is 6. The van der Waals surface area contributed by atoms with E-state index in [1.807, 2.05) is 47.3 Å². The van der Waals surface area contributed by atoms with Gasteiger partial charge in [0.05, 0.1) is 35.6 Å². The van der Waals surface area contributed by atoms with Gasteiger partial charge < -0.3 is 10.2 Å². The number of aromatic nitrogens is 5. The average Bonchev–Trinajstić information content (AvgIpc) is 3.32. The van der Waals surface area contributed by atoms with Gasteiger partial charge >= 0.3 is 0 Å². The number of para-hydroxylation sites is 2. The highest BCUT2D eigenvalue weighted by atomic mass is 15.4. The number of imidazole rings is 1. The van der Waals surface area contributed by atoms with E-state index in [2.05, 4.69) is 38.2 Å². The third kappa shape index (κ3) is 2.28. The highest BCUT2D eigenvalue weighted by molar-refractivity contribution is 5.77. The Morgan fingerprint density at radius 3 is 2.88 bits per heavy atom. The van der Waals surface area contributed by atoms with Gasteiger partial charge in [-0.1, -0.05) is 18.2 Å². The monoisotopic (exact) mass is 343 g/mol. The molecule has 128 valence electrons. The maximum absolute atomic E-state index is 4.83. The van der Waals surface area contributed by atoms with Gasteiger partial charge in [-0.3, -0.25) is 9.55 Å². The molecule has 4 heterocycles. The van der Waals surface area contributed by atoms with E-state index in [9.17, 15) is 0 Å². The molecule has 0 saturated carbocycles. The molecule has 7 heteroatoms. The first kappa shape index (κ1) is 14.8. The van der Waals surface area contributed by atoms with Crippen LogP contribution in [0.2, 0.25) is 0 Å². The summed E-state index contributed by atoms with van der Waals surface area (Å²) < 4.78 is 1.92.